The van der Waals surface area contributed by atoms with Crippen LogP contribution in [0.3, 0.4) is 0 Å². The first-order valence-electron chi connectivity index (χ1n) is 11.9. The van der Waals surface area contributed by atoms with Crippen LogP contribution in [-0.4, -0.2) is 52.0 Å². The average Bonchev–Trinajstić information content (AvgIpc) is 3.23. The van der Waals surface area contributed by atoms with E-state index in [-0.39, 0.29) is 25.4 Å². The maximum absolute atomic E-state index is 12.9. The third-order valence-electron chi connectivity index (χ3n) is 5.84. The van der Waals surface area contributed by atoms with Crippen molar-refractivity contribution in [2.24, 2.45) is 11.7 Å². The van der Waals surface area contributed by atoms with Crippen molar-refractivity contribution in [1.29, 1.82) is 0 Å². The van der Waals surface area contributed by atoms with Crippen LogP contribution in [0.2, 0.25) is 0 Å². The highest BCUT2D eigenvalue weighted by atomic mass is 16.5. The Morgan fingerprint density at radius 3 is 2.71 bits per heavy atom. The van der Waals surface area contributed by atoms with E-state index < -0.39 is 36.0 Å². The third-order valence-corrected chi connectivity index (χ3v) is 5.84. The number of amides is 1. The van der Waals surface area contributed by atoms with Crippen LogP contribution in [0, 0.1) is 5.92 Å². The number of aromatic nitrogens is 2. The zero-order valence-corrected chi connectivity index (χ0v) is 19.9. The first kappa shape index (κ1) is 26.1. The van der Waals surface area contributed by atoms with Gasteiger partial charge in [-0.25, -0.2) is 14.3 Å². The fraction of sp³-hybridized carbons (Fsp3) is 0.480. The number of nitrogens with two attached hydrogens (primary N) is 1. The number of hydrogen-bond donors (Lipinski definition) is 2. The molecular weight excluding hydrogens is 452 g/mol. The maximum Gasteiger partial charge on any atom is 0.419 e. The molecule has 10 heteroatoms. The second kappa shape index (κ2) is 12.8. The van der Waals surface area contributed by atoms with Gasteiger partial charge in [0.15, 0.2) is 5.78 Å². The largest absolute Gasteiger partial charge is 0.465 e. The van der Waals surface area contributed by atoms with Gasteiger partial charge < -0.3 is 20.5 Å². The molecule has 1 aromatic carbocycles. The van der Waals surface area contributed by atoms with E-state index in [1.54, 1.807) is 0 Å². The van der Waals surface area contributed by atoms with Gasteiger partial charge in [0.05, 0.1) is 24.4 Å². The Balaban J connectivity index is 1.51. The molecule has 2 unspecified atom stereocenters. The number of unbranched alkanes of at least 4 members (excludes halogenated alkanes) is 1. The summed E-state index contributed by atoms with van der Waals surface area (Å²) in [7, 11) is 0. The number of nitrogens with one attached hydrogen (secondary N) is 1. The molecule has 2 aromatic rings. The molecule has 3 rings (SSSR count). The summed E-state index contributed by atoms with van der Waals surface area (Å²) in [6.07, 6.45) is 5.10. The highest BCUT2D eigenvalue weighted by Gasteiger charge is 2.35. The van der Waals surface area contributed by atoms with Crippen LogP contribution in [0.15, 0.2) is 42.9 Å². The lowest BCUT2D eigenvalue weighted by molar-refractivity contribution is -0.153. The van der Waals surface area contributed by atoms with E-state index in [1.165, 1.54) is 17.1 Å². The summed E-state index contributed by atoms with van der Waals surface area (Å²) in [6, 6.07) is 7.56. The molecule has 0 spiro atoms. The van der Waals surface area contributed by atoms with Crippen molar-refractivity contribution in [3.8, 4) is 0 Å². The van der Waals surface area contributed by atoms with Gasteiger partial charge in [-0.15, -0.1) is 0 Å². The number of hydrogen-bond acceptors (Lipinski definition) is 8. The topological polar surface area (TPSA) is 143 Å². The first-order valence-corrected chi connectivity index (χ1v) is 11.9. The SMILES string of the molecule is CCCCOC(=O)C1CCCC(C(=O)[C@@H](N)Cc2cn(C(=O)OCc3ccccc3)cn2)NC1=O. The summed E-state index contributed by atoms with van der Waals surface area (Å²) in [5, 5.41) is 2.65. The molecule has 2 heterocycles. The number of imidazole rings is 1. The third kappa shape index (κ3) is 7.48. The monoisotopic (exact) mass is 484 g/mol. The van der Waals surface area contributed by atoms with Gasteiger partial charge in [-0.05, 0) is 31.2 Å². The van der Waals surface area contributed by atoms with Gasteiger partial charge in [0.2, 0.25) is 5.91 Å². The number of esters is 1. The number of ketones is 1. The molecule has 1 aromatic heterocycles. The summed E-state index contributed by atoms with van der Waals surface area (Å²) >= 11 is 0. The Kier molecular flexibility index (Phi) is 9.54. The van der Waals surface area contributed by atoms with Crippen molar-refractivity contribution in [3.05, 3.63) is 54.1 Å². The standard InChI is InChI=1S/C25H32N4O6/c1-2-3-12-34-24(32)19-10-7-11-21(28-23(19)31)22(30)20(26)13-18-14-29(16-27-18)25(33)35-15-17-8-5-4-6-9-17/h4-6,8-9,14,16,19-21H,2-3,7,10-13,15,26H2,1H3,(H,28,31)/t19?,20-,21?/m0/s1. The molecule has 10 nitrogen and oxygen atoms in total. The molecule has 1 saturated heterocycles. The molecule has 35 heavy (non-hydrogen) atoms. The smallest absolute Gasteiger partial charge is 0.419 e. The number of nitrogens with zero attached hydrogens (tertiary/aromatic N) is 2. The molecule has 1 amide bonds. The van der Waals surface area contributed by atoms with Gasteiger partial charge in [0.25, 0.3) is 0 Å². The van der Waals surface area contributed by atoms with Gasteiger partial charge in [0.1, 0.15) is 18.9 Å². The normalized spacial score (nSPS) is 18.7. The quantitative estimate of drug-likeness (QED) is 0.297. The predicted molar refractivity (Wildman–Crippen MR) is 126 cm³/mol. The van der Waals surface area contributed by atoms with E-state index >= 15 is 0 Å². The van der Waals surface area contributed by atoms with Crippen LogP contribution >= 0.6 is 0 Å². The van der Waals surface area contributed by atoms with Gasteiger partial charge in [0, 0.05) is 12.6 Å². The van der Waals surface area contributed by atoms with Gasteiger partial charge in [-0.1, -0.05) is 43.7 Å². The van der Waals surface area contributed by atoms with Crippen LogP contribution < -0.4 is 11.1 Å². The summed E-state index contributed by atoms with van der Waals surface area (Å²) < 4.78 is 11.6. The number of rotatable bonds is 10. The number of benzene rings is 1. The van der Waals surface area contributed by atoms with Crippen LogP contribution in [-0.2, 0) is 36.9 Å². The fourth-order valence-electron chi connectivity index (χ4n) is 3.80. The number of Topliss-reactive ketones (excluding diaryl/α,β-unsaturated/α-hetero) is 1. The lowest BCUT2D eigenvalue weighted by Crippen LogP contribution is -2.49. The maximum atomic E-state index is 12.9. The van der Waals surface area contributed by atoms with Crippen molar-refractivity contribution in [2.45, 2.75) is 64.1 Å². The Hall–Kier alpha value is -3.53. The van der Waals surface area contributed by atoms with E-state index in [1.807, 2.05) is 37.3 Å². The van der Waals surface area contributed by atoms with Crippen LogP contribution in [0.1, 0.15) is 50.3 Å². The Bertz CT molecular complexity index is 1020. The van der Waals surface area contributed by atoms with Crippen molar-refractivity contribution in [1.82, 2.24) is 14.9 Å². The van der Waals surface area contributed by atoms with E-state index in [0.29, 0.717) is 25.0 Å². The van der Waals surface area contributed by atoms with Crippen LogP contribution in [0.5, 0.6) is 0 Å². The summed E-state index contributed by atoms with van der Waals surface area (Å²) in [5.41, 5.74) is 7.42. The molecule has 1 fully saturated rings. The molecular formula is C25H32N4O6. The van der Waals surface area contributed by atoms with Gasteiger partial charge in [-0.3, -0.25) is 14.4 Å². The van der Waals surface area contributed by atoms with Crippen molar-refractivity contribution >= 4 is 23.8 Å². The lowest BCUT2D eigenvalue weighted by atomic mass is 9.98. The van der Waals surface area contributed by atoms with E-state index in [0.717, 1.165) is 18.4 Å². The van der Waals surface area contributed by atoms with Crippen LogP contribution in [0.25, 0.3) is 0 Å². The zero-order chi connectivity index (χ0) is 25.2. The number of ether oxygens (including phenoxy) is 2. The minimum atomic E-state index is -0.933. The molecule has 1 aliphatic rings. The minimum absolute atomic E-state index is 0.0899. The highest BCUT2D eigenvalue weighted by molar-refractivity contribution is 6.01. The van der Waals surface area contributed by atoms with Crippen molar-refractivity contribution in [3.63, 3.8) is 0 Å². The molecule has 1 aliphatic heterocycles. The Morgan fingerprint density at radius 2 is 1.97 bits per heavy atom. The summed E-state index contributed by atoms with van der Waals surface area (Å²) in [5.74, 6) is -2.34. The van der Waals surface area contributed by atoms with Crippen molar-refractivity contribution < 1.29 is 28.7 Å². The molecule has 188 valence electrons. The number of carbonyl (C=O) groups is 4. The first-order chi connectivity index (χ1) is 16.9. The minimum Gasteiger partial charge on any atom is -0.465 e. The highest BCUT2D eigenvalue weighted by Crippen LogP contribution is 2.19. The molecule has 3 atom stereocenters. The van der Waals surface area contributed by atoms with E-state index in [2.05, 4.69) is 10.3 Å². The molecule has 3 N–H and O–H groups in total. The molecule has 0 bridgehead atoms. The van der Waals surface area contributed by atoms with E-state index in [9.17, 15) is 19.2 Å². The summed E-state index contributed by atoms with van der Waals surface area (Å²) in [6.45, 7) is 2.38. The summed E-state index contributed by atoms with van der Waals surface area (Å²) in [4.78, 5) is 54.1. The second-order valence-corrected chi connectivity index (χ2v) is 8.59. The van der Waals surface area contributed by atoms with Crippen LogP contribution in [0.4, 0.5) is 4.79 Å². The molecule has 0 aliphatic carbocycles. The van der Waals surface area contributed by atoms with Crippen molar-refractivity contribution in [2.75, 3.05) is 6.61 Å². The average molecular weight is 485 g/mol. The predicted octanol–water partition coefficient (Wildman–Crippen LogP) is 2.14. The Labute approximate surface area is 204 Å². The molecule has 0 saturated carbocycles. The lowest BCUT2D eigenvalue weighted by Gasteiger charge is -2.19. The molecule has 0 radical (unpaired) electrons. The number of carbonyl (C=O) groups excluding carboxylic acids is 4. The van der Waals surface area contributed by atoms with Gasteiger partial charge >= 0.3 is 12.1 Å². The Morgan fingerprint density at radius 1 is 1.20 bits per heavy atom. The second-order valence-electron chi connectivity index (χ2n) is 8.59. The zero-order valence-electron chi connectivity index (χ0n) is 19.9. The fourth-order valence-corrected chi connectivity index (χ4v) is 3.80. The van der Waals surface area contributed by atoms with Gasteiger partial charge in [-0.2, -0.15) is 0 Å². The van der Waals surface area contributed by atoms with E-state index in [4.69, 9.17) is 15.2 Å².